The largest absolute Gasteiger partial charge is 0.481 e. The Balaban J connectivity index is 2.36. The zero-order chi connectivity index (χ0) is 15.6. The van der Waals surface area contributed by atoms with E-state index >= 15 is 0 Å². The number of carbonyl (C=O) groups excluding carboxylic acids is 1. The number of carbonyl (C=O) groups is 2. The second-order valence-electron chi connectivity index (χ2n) is 4.90. The number of piperidine rings is 1. The topological polar surface area (TPSA) is 66.8 Å². The molecular formula is C14H15F2NO4. The van der Waals surface area contributed by atoms with Crippen molar-refractivity contribution < 1.29 is 28.2 Å². The van der Waals surface area contributed by atoms with Gasteiger partial charge in [0.15, 0.2) is 0 Å². The van der Waals surface area contributed by atoms with Gasteiger partial charge in [0.05, 0.1) is 19.1 Å². The lowest BCUT2D eigenvalue weighted by Gasteiger charge is -2.37. The number of carboxylic acids is 1. The van der Waals surface area contributed by atoms with Crippen LogP contribution in [0.15, 0.2) is 18.2 Å². The highest BCUT2D eigenvalue weighted by atomic mass is 19.1. The van der Waals surface area contributed by atoms with Crippen LogP contribution in [-0.4, -0.2) is 35.7 Å². The van der Waals surface area contributed by atoms with E-state index < -0.39 is 35.7 Å². The predicted molar refractivity (Wildman–Crippen MR) is 68.6 cm³/mol. The highest BCUT2D eigenvalue weighted by Crippen LogP contribution is 2.36. The minimum Gasteiger partial charge on any atom is -0.481 e. The number of benzene rings is 1. The maximum Gasteiger partial charge on any atom is 0.409 e. The second kappa shape index (κ2) is 6.07. The molecule has 1 N–H and O–H groups in total. The van der Waals surface area contributed by atoms with Gasteiger partial charge in [-0.1, -0.05) is 6.07 Å². The third-order valence-corrected chi connectivity index (χ3v) is 3.68. The zero-order valence-electron chi connectivity index (χ0n) is 11.4. The lowest BCUT2D eigenvalue weighted by atomic mass is 9.87. The number of rotatable bonds is 2. The van der Waals surface area contributed by atoms with E-state index in [0.29, 0.717) is 0 Å². The van der Waals surface area contributed by atoms with Crippen LogP contribution in [-0.2, 0) is 9.53 Å². The average Bonchev–Trinajstić information content (AvgIpc) is 2.46. The Morgan fingerprint density at radius 1 is 1.38 bits per heavy atom. The molecule has 2 atom stereocenters. The second-order valence-corrected chi connectivity index (χ2v) is 4.90. The summed E-state index contributed by atoms with van der Waals surface area (Å²) in [5.41, 5.74) is 0.0905. The first-order chi connectivity index (χ1) is 9.93. The smallest absolute Gasteiger partial charge is 0.409 e. The first-order valence-electron chi connectivity index (χ1n) is 6.46. The van der Waals surface area contributed by atoms with Crippen molar-refractivity contribution in [1.29, 1.82) is 0 Å². The Morgan fingerprint density at radius 3 is 2.67 bits per heavy atom. The molecule has 0 saturated carbocycles. The van der Waals surface area contributed by atoms with Gasteiger partial charge in [-0.2, -0.15) is 0 Å². The van der Waals surface area contributed by atoms with Gasteiger partial charge in [0.1, 0.15) is 11.6 Å². The molecule has 0 bridgehead atoms. The number of amides is 1. The van der Waals surface area contributed by atoms with Crippen LogP contribution in [0.25, 0.3) is 0 Å². The summed E-state index contributed by atoms with van der Waals surface area (Å²) in [5, 5.41) is 9.11. The van der Waals surface area contributed by atoms with E-state index in [2.05, 4.69) is 4.74 Å². The number of aliphatic carboxylic acids is 1. The van der Waals surface area contributed by atoms with E-state index in [1.165, 1.54) is 18.1 Å². The first kappa shape index (κ1) is 15.2. The third kappa shape index (κ3) is 3.12. The lowest BCUT2D eigenvalue weighted by Crippen LogP contribution is -2.43. The van der Waals surface area contributed by atoms with Crippen LogP contribution in [0.3, 0.4) is 0 Å². The summed E-state index contributed by atoms with van der Waals surface area (Å²) in [6.45, 7) is 0.144. The molecule has 1 heterocycles. The van der Waals surface area contributed by atoms with E-state index in [-0.39, 0.29) is 24.9 Å². The number of hydrogen-bond acceptors (Lipinski definition) is 3. The van der Waals surface area contributed by atoms with Crippen LogP contribution in [0.2, 0.25) is 0 Å². The number of methoxy groups -OCH3 is 1. The molecular weight excluding hydrogens is 284 g/mol. The van der Waals surface area contributed by atoms with Gasteiger partial charge in [0.2, 0.25) is 0 Å². The molecule has 0 spiro atoms. The molecule has 0 aromatic heterocycles. The summed E-state index contributed by atoms with van der Waals surface area (Å²) in [6, 6.07) is 2.25. The Morgan fingerprint density at radius 2 is 2.10 bits per heavy atom. The van der Waals surface area contributed by atoms with Gasteiger partial charge in [0.25, 0.3) is 0 Å². The van der Waals surface area contributed by atoms with E-state index in [0.717, 1.165) is 12.1 Å². The van der Waals surface area contributed by atoms with Crippen molar-refractivity contribution in [1.82, 2.24) is 4.90 Å². The van der Waals surface area contributed by atoms with Crippen molar-refractivity contribution in [2.45, 2.75) is 18.9 Å². The van der Waals surface area contributed by atoms with Gasteiger partial charge in [-0.05, 0) is 18.9 Å². The van der Waals surface area contributed by atoms with Gasteiger partial charge in [-0.25, -0.2) is 13.6 Å². The van der Waals surface area contributed by atoms with Gasteiger partial charge in [0, 0.05) is 18.2 Å². The van der Waals surface area contributed by atoms with Crippen molar-refractivity contribution in [2.24, 2.45) is 5.92 Å². The number of likely N-dealkylation sites (tertiary alicyclic amines) is 1. The maximum absolute atomic E-state index is 13.9. The lowest BCUT2D eigenvalue weighted by molar-refractivity contribution is -0.144. The van der Waals surface area contributed by atoms with Crippen LogP contribution in [0.5, 0.6) is 0 Å². The normalized spacial score (nSPS) is 22.0. The van der Waals surface area contributed by atoms with Gasteiger partial charge in [-0.15, -0.1) is 0 Å². The van der Waals surface area contributed by atoms with Crippen LogP contribution in [0, 0.1) is 17.6 Å². The van der Waals surface area contributed by atoms with E-state index in [4.69, 9.17) is 5.11 Å². The van der Waals surface area contributed by atoms with Gasteiger partial charge in [-0.3, -0.25) is 4.79 Å². The van der Waals surface area contributed by atoms with Crippen molar-refractivity contribution in [2.75, 3.05) is 13.7 Å². The molecule has 0 radical (unpaired) electrons. The molecule has 0 aliphatic carbocycles. The Bertz CT molecular complexity index is 564. The first-order valence-corrected chi connectivity index (χ1v) is 6.46. The average molecular weight is 299 g/mol. The van der Waals surface area contributed by atoms with Crippen LogP contribution >= 0.6 is 0 Å². The standard InChI is InChI=1S/C14H15F2NO4/c1-21-14(20)17-5-4-8(13(18)19)6-12(17)10-3-2-9(15)7-11(10)16/h2-3,7-8,12H,4-6H2,1H3,(H,18,19). The van der Waals surface area contributed by atoms with Gasteiger partial charge >= 0.3 is 12.1 Å². The molecule has 2 rings (SSSR count). The highest BCUT2D eigenvalue weighted by molar-refractivity contribution is 5.72. The molecule has 1 aliphatic heterocycles. The molecule has 1 aromatic carbocycles. The molecule has 5 nitrogen and oxygen atoms in total. The predicted octanol–water partition coefficient (Wildman–Crippen LogP) is 2.57. The fraction of sp³-hybridized carbons (Fsp3) is 0.429. The molecule has 1 aromatic rings. The Kier molecular flexibility index (Phi) is 4.40. The van der Waals surface area contributed by atoms with Crippen molar-refractivity contribution in [3.63, 3.8) is 0 Å². The molecule has 1 aliphatic rings. The summed E-state index contributed by atoms with van der Waals surface area (Å²) in [7, 11) is 1.20. The number of carboxylic acid groups (broad SMARTS) is 1. The number of ether oxygens (including phenoxy) is 1. The SMILES string of the molecule is COC(=O)N1CCC(C(=O)O)CC1c1ccc(F)cc1F. The molecule has 1 saturated heterocycles. The molecule has 7 heteroatoms. The minimum absolute atomic E-state index is 0.0625. The van der Waals surface area contributed by atoms with E-state index in [9.17, 15) is 18.4 Å². The fourth-order valence-electron chi connectivity index (χ4n) is 2.59. The van der Waals surface area contributed by atoms with Crippen molar-refractivity contribution in [3.05, 3.63) is 35.4 Å². The van der Waals surface area contributed by atoms with Crippen LogP contribution in [0.1, 0.15) is 24.4 Å². The van der Waals surface area contributed by atoms with Crippen molar-refractivity contribution >= 4 is 12.1 Å². The summed E-state index contributed by atoms with van der Waals surface area (Å²) >= 11 is 0. The molecule has 2 unspecified atom stereocenters. The van der Waals surface area contributed by atoms with E-state index in [1.54, 1.807) is 0 Å². The monoisotopic (exact) mass is 299 g/mol. The molecule has 1 amide bonds. The van der Waals surface area contributed by atoms with Crippen molar-refractivity contribution in [3.8, 4) is 0 Å². The summed E-state index contributed by atoms with van der Waals surface area (Å²) in [4.78, 5) is 24.2. The quantitative estimate of drug-likeness (QED) is 0.911. The van der Waals surface area contributed by atoms with E-state index in [1.807, 2.05) is 0 Å². The summed E-state index contributed by atoms with van der Waals surface area (Å²) in [5.74, 6) is -3.21. The number of hydrogen-bond donors (Lipinski definition) is 1. The summed E-state index contributed by atoms with van der Waals surface area (Å²) in [6.07, 6.45) is -0.330. The fourth-order valence-corrected chi connectivity index (χ4v) is 2.59. The Labute approximate surface area is 120 Å². The Hall–Kier alpha value is -2.18. The molecule has 21 heavy (non-hydrogen) atoms. The zero-order valence-corrected chi connectivity index (χ0v) is 11.4. The highest BCUT2D eigenvalue weighted by Gasteiger charge is 2.37. The van der Waals surface area contributed by atoms with Crippen LogP contribution < -0.4 is 0 Å². The molecule has 1 fully saturated rings. The summed E-state index contributed by atoms with van der Waals surface area (Å²) < 4.78 is 31.6. The number of halogens is 2. The third-order valence-electron chi connectivity index (χ3n) is 3.68. The molecule has 114 valence electrons. The van der Waals surface area contributed by atoms with Gasteiger partial charge < -0.3 is 14.7 Å². The minimum atomic E-state index is -0.993. The van der Waals surface area contributed by atoms with Crippen LogP contribution in [0.4, 0.5) is 13.6 Å². The number of nitrogens with zero attached hydrogens (tertiary/aromatic N) is 1. The maximum atomic E-state index is 13.9.